The topological polar surface area (TPSA) is 58.9 Å². The van der Waals surface area contributed by atoms with Gasteiger partial charge in [0.2, 0.25) is 0 Å². The van der Waals surface area contributed by atoms with Gasteiger partial charge in [0.1, 0.15) is 5.60 Å². The lowest BCUT2D eigenvalue weighted by Crippen LogP contribution is -2.59. The van der Waals surface area contributed by atoms with Gasteiger partial charge in [-0.2, -0.15) is 0 Å². The Morgan fingerprint density at radius 3 is 2.25 bits per heavy atom. The molecule has 2 saturated heterocycles. The molecule has 0 aromatic heterocycles. The highest BCUT2D eigenvalue weighted by atomic mass is 16.7. The highest BCUT2D eigenvalue weighted by Gasteiger charge is 2.76. The van der Waals surface area contributed by atoms with Crippen LogP contribution in [0, 0.1) is 46.3 Å². The van der Waals surface area contributed by atoms with Gasteiger partial charge in [0, 0.05) is 12.3 Å². The van der Waals surface area contributed by atoms with Crippen LogP contribution in [0.4, 0.5) is 0 Å². The molecule has 6 fully saturated rings. The highest BCUT2D eigenvalue weighted by Crippen LogP contribution is 2.72. The minimum atomic E-state index is -0.952. The number of hydrogen-bond donors (Lipinski definition) is 2. The summed E-state index contributed by atoms with van der Waals surface area (Å²) in [6.07, 6.45) is 10.1. The molecule has 2 heterocycles. The third-order valence-electron chi connectivity index (χ3n) is 12.6. The van der Waals surface area contributed by atoms with E-state index < -0.39 is 11.4 Å². The lowest BCUT2D eigenvalue weighted by atomic mass is 9.44. The molecule has 2 N–H and O–H groups in total. The van der Waals surface area contributed by atoms with Gasteiger partial charge in [-0.25, -0.2) is 0 Å². The number of ether oxygens (including phenoxy) is 2. The number of aliphatic hydroxyl groups excluding tert-OH is 1. The van der Waals surface area contributed by atoms with Crippen LogP contribution in [-0.2, 0) is 9.47 Å². The van der Waals surface area contributed by atoms with Crippen molar-refractivity contribution in [3.05, 3.63) is 0 Å². The van der Waals surface area contributed by atoms with Crippen molar-refractivity contribution >= 4 is 0 Å². The summed E-state index contributed by atoms with van der Waals surface area (Å²) in [5.74, 6) is 2.51. The van der Waals surface area contributed by atoms with Crippen LogP contribution in [0.3, 0.4) is 0 Å². The van der Waals surface area contributed by atoms with Crippen molar-refractivity contribution in [3.63, 3.8) is 0 Å². The van der Waals surface area contributed by atoms with Gasteiger partial charge in [-0.15, -0.1) is 0 Å². The van der Waals surface area contributed by atoms with Crippen LogP contribution in [0.15, 0.2) is 0 Å². The summed E-state index contributed by atoms with van der Waals surface area (Å²) in [5, 5.41) is 22.5. The van der Waals surface area contributed by atoms with Crippen molar-refractivity contribution < 1.29 is 19.7 Å². The third-order valence-corrected chi connectivity index (χ3v) is 12.6. The van der Waals surface area contributed by atoms with Crippen LogP contribution in [0.25, 0.3) is 0 Å². The van der Waals surface area contributed by atoms with Crippen molar-refractivity contribution in [3.8, 4) is 0 Å². The van der Waals surface area contributed by atoms with Crippen molar-refractivity contribution in [2.75, 3.05) is 0 Å². The van der Waals surface area contributed by atoms with E-state index in [0.29, 0.717) is 23.2 Å². The monoisotopic (exact) mass is 446 g/mol. The Kier molecular flexibility index (Phi) is 4.55. The second kappa shape index (κ2) is 6.53. The molecule has 4 saturated carbocycles. The maximum atomic E-state index is 12.2. The Hall–Kier alpha value is -0.160. The van der Waals surface area contributed by atoms with Crippen LogP contribution < -0.4 is 0 Å². The van der Waals surface area contributed by atoms with E-state index in [4.69, 9.17) is 9.47 Å². The molecule has 32 heavy (non-hydrogen) atoms. The SMILES string of the molecule is CC1CC2(OC3CC4C5CCC6CC(O)CCC6(C)C5CCC4(C)C3C2(C)O)OC1(C)C. The zero-order valence-corrected chi connectivity index (χ0v) is 21.2. The average molecular weight is 447 g/mol. The first kappa shape index (κ1) is 22.3. The fourth-order valence-electron chi connectivity index (χ4n) is 10.5. The van der Waals surface area contributed by atoms with E-state index in [1.807, 2.05) is 6.92 Å². The lowest BCUT2D eigenvalue weighted by molar-refractivity contribution is -0.299. The molecule has 4 aliphatic carbocycles. The maximum absolute atomic E-state index is 12.2. The fourth-order valence-corrected chi connectivity index (χ4v) is 10.5. The summed E-state index contributed by atoms with van der Waals surface area (Å²) in [5.41, 5.74) is -0.708. The lowest BCUT2D eigenvalue weighted by Gasteiger charge is -2.61. The number of fused-ring (bicyclic) bond motifs is 7. The highest BCUT2D eigenvalue weighted by molar-refractivity contribution is 5.21. The molecular weight excluding hydrogens is 400 g/mol. The van der Waals surface area contributed by atoms with Crippen molar-refractivity contribution in [1.82, 2.24) is 0 Å². The molecule has 2 aliphatic heterocycles. The standard InChI is InChI=1S/C28H46O4/c1-16-15-28(32-24(16,2)3)27(6,30)23-22(31-28)14-21-19-8-7-17-13-18(29)9-11-25(17,4)20(19)10-12-26(21,23)5/h16-23,29-30H,7-15H2,1-6H3. The second-order valence-electron chi connectivity index (χ2n) is 14.2. The number of hydrogen-bond acceptors (Lipinski definition) is 4. The van der Waals surface area contributed by atoms with Gasteiger partial charge < -0.3 is 19.7 Å². The molecule has 182 valence electrons. The zero-order chi connectivity index (χ0) is 22.9. The first-order valence-corrected chi connectivity index (χ1v) is 13.6. The largest absolute Gasteiger partial charge is 0.393 e. The molecule has 0 amide bonds. The second-order valence-corrected chi connectivity index (χ2v) is 14.2. The van der Waals surface area contributed by atoms with Gasteiger partial charge in [0.25, 0.3) is 0 Å². The van der Waals surface area contributed by atoms with E-state index in [9.17, 15) is 10.2 Å². The summed E-state index contributed by atoms with van der Waals surface area (Å²) >= 11 is 0. The first-order chi connectivity index (χ1) is 14.8. The van der Waals surface area contributed by atoms with E-state index in [1.54, 1.807) is 0 Å². The molecule has 4 nitrogen and oxygen atoms in total. The fraction of sp³-hybridized carbons (Fsp3) is 1.00. The normalized spacial score (nSPS) is 63.0. The average Bonchev–Trinajstić information content (AvgIpc) is 3.20. The van der Waals surface area contributed by atoms with Crippen LogP contribution in [-0.4, -0.2) is 39.4 Å². The summed E-state index contributed by atoms with van der Waals surface area (Å²) in [4.78, 5) is 0. The predicted molar refractivity (Wildman–Crippen MR) is 124 cm³/mol. The summed E-state index contributed by atoms with van der Waals surface area (Å²) < 4.78 is 13.4. The smallest absolute Gasteiger partial charge is 0.198 e. The molecule has 12 unspecified atom stereocenters. The maximum Gasteiger partial charge on any atom is 0.198 e. The van der Waals surface area contributed by atoms with Crippen LogP contribution >= 0.6 is 0 Å². The molecule has 6 rings (SSSR count). The van der Waals surface area contributed by atoms with Crippen LogP contribution in [0.2, 0.25) is 0 Å². The third kappa shape index (κ3) is 2.59. The van der Waals surface area contributed by atoms with Crippen LogP contribution in [0.1, 0.15) is 99.3 Å². The quantitative estimate of drug-likeness (QED) is 0.530. The van der Waals surface area contributed by atoms with Gasteiger partial charge in [0.15, 0.2) is 5.79 Å². The molecule has 1 spiro atoms. The molecule has 6 aliphatic rings. The van der Waals surface area contributed by atoms with Gasteiger partial charge in [-0.1, -0.05) is 20.8 Å². The van der Waals surface area contributed by atoms with E-state index in [2.05, 4.69) is 34.6 Å². The van der Waals surface area contributed by atoms with E-state index in [0.717, 1.165) is 37.5 Å². The van der Waals surface area contributed by atoms with E-state index in [1.165, 1.54) is 32.1 Å². The number of rotatable bonds is 0. The van der Waals surface area contributed by atoms with Crippen molar-refractivity contribution in [2.45, 2.75) is 129 Å². The Morgan fingerprint density at radius 1 is 0.844 bits per heavy atom. The van der Waals surface area contributed by atoms with Crippen LogP contribution in [0.5, 0.6) is 0 Å². The molecule has 0 aromatic rings. The summed E-state index contributed by atoms with van der Waals surface area (Å²) in [7, 11) is 0. The van der Waals surface area contributed by atoms with Crippen molar-refractivity contribution in [1.29, 1.82) is 0 Å². The van der Waals surface area contributed by atoms with Gasteiger partial charge in [-0.3, -0.25) is 0 Å². The van der Waals surface area contributed by atoms with Gasteiger partial charge >= 0.3 is 0 Å². The Bertz CT molecular complexity index is 792. The van der Waals surface area contributed by atoms with E-state index in [-0.39, 0.29) is 29.1 Å². The minimum absolute atomic E-state index is 0.0814. The molecular formula is C28H46O4. The first-order valence-electron chi connectivity index (χ1n) is 13.6. The molecule has 0 bridgehead atoms. The van der Waals surface area contributed by atoms with Crippen molar-refractivity contribution in [2.24, 2.45) is 46.3 Å². The zero-order valence-electron chi connectivity index (χ0n) is 21.2. The summed E-state index contributed by atoms with van der Waals surface area (Å²) in [6, 6.07) is 0. The molecule has 0 aromatic carbocycles. The summed E-state index contributed by atoms with van der Waals surface area (Å²) in [6.45, 7) is 13.6. The van der Waals surface area contributed by atoms with Gasteiger partial charge in [0.05, 0.1) is 17.8 Å². The Labute approximate surface area is 194 Å². The molecule has 4 heteroatoms. The minimum Gasteiger partial charge on any atom is -0.393 e. The Balaban J connectivity index is 1.30. The predicted octanol–water partition coefficient (Wildman–Crippen LogP) is 5.30. The van der Waals surface area contributed by atoms with Gasteiger partial charge in [-0.05, 0) is 113 Å². The van der Waals surface area contributed by atoms with E-state index >= 15 is 0 Å². The Morgan fingerprint density at radius 2 is 1.56 bits per heavy atom. The molecule has 0 radical (unpaired) electrons. The number of aliphatic hydroxyl groups is 2. The molecule has 12 atom stereocenters.